The number of aromatic nitrogens is 2. The molecule has 3 nitrogen and oxygen atoms in total. The summed E-state index contributed by atoms with van der Waals surface area (Å²) in [4.78, 5) is 0. The van der Waals surface area contributed by atoms with Crippen LogP contribution in [0.1, 0.15) is 5.56 Å². The Bertz CT molecular complexity index is 694. The van der Waals surface area contributed by atoms with Crippen LogP contribution in [0.4, 0.5) is 0 Å². The first-order valence-corrected chi connectivity index (χ1v) is 6.67. The van der Waals surface area contributed by atoms with Gasteiger partial charge in [0.2, 0.25) is 0 Å². The Morgan fingerprint density at radius 2 is 1.75 bits per heavy atom. The lowest BCUT2D eigenvalue weighted by Crippen LogP contribution is -1.97. The van der Waals surface area contributed by atoms with Crippen molar-refractivity contribution in [3.05, 3.63) is 71.4 Å². The van der Waals surface area contributed by atoms with Crippen LogP contribution in [0.25, 0.3) is 11.3 Å². The Hall–Kier alpha value is -2.26. The minimum atomic E-state index is 0.517. The summed E-state index contributed by atoms with van der Waals surface area (Å²) >= 11 is 6.11. The van der Waals surface area contributed by atoms with Crippen LogP contribution in [-0.4, -0.2) is 10.2 Å². The summed E-state index contributed by atoms with van der Waals surface area (Å²) in [6.45, 7) is 0.517. The highest BCUT2D eigenvalue weighted by atomic mass is 35.5. The molecule has 1 aromatic heterocycles. The van der Waals surface area contributed by atoms with E-state index in [0.29, 0.717) is 11.6 Å². The molecule has 0 saturated carbocycles. The van der Waals surface area contributed by atoms with E-state index in [1.54, 1.807) is 6.20 Å². The van der Waals surface area contributed by atoms with Crippen molar-refractivity contribution >= 4 is 11.6 Å². The molecule has 100 valence electrons. The summed E-state index contributed by atoms with van der Waals surface area (Å²) in [7, 11) is 0. The number of ether oxygens (including phenoxy) is 1. The zero-order valence-electron chi connectivity index (χ0n) is 10.7. The fraction of sp³-hybridized carbons (Fsp3) is 0.0625. The highest BCUT2D eigenvalue weighted by molar-refractivity contribution is 6.33. The van der Waals surface area contributed by atoms with Gasteiger partial charge >= 0.3 is 0 Å². The molecule has 1 heterocycles. The van der Waals surface area contributed by atoms with Gasteiger partial charge in [-0.25, -0.2) is 0 Å². The van der Waals surface area contributed by atoms with Gasteiger partial charge in [-0.15, -0.1) is 0 Å². The van der Waals surface area contributed by atoms with E-state index in [1.165, 1.54) is 0 Å². The third kappa shape index (κ3) is 2.68. The zero-order valence-corrected chi connectivity index (χ0v) is 11.5. The van der Waals surface area contributed by atoms with Gasteiger partial charge < -0.3 is 4.74 Å². The molecule has 20 heavy (non-hydrogen) atoms. The van der Waals surface area contributed by atoms with Gasteiger partial charge in [-0.2, -0.15) is 5.10 Å². The minimum absolute atomic E-state index is 0.517. The van der Waals surface area contributed by atoms with Crippen molar-refractivity contribution in [1.82, 2.24) is 10.2 Å². The Kier molecular flexibility index (Phi) is 3.70. The van der Waals surface area contributed by atoms with Gasteiger partial charge in [0.15, 0.2) is 0 Å². The van der Waals surface area contributed by atoms with Gasteiger partial charge in [0, 0.05) is 5.56 Å². The summed E-state index contributed by atoms with van der Waals surface area (Å²) < 4.78 is 5.90. The molecule has 0 saturated heterocycles. The van der Waals surface area contributed by atoms with E-state index in [-0.39, 0.29) is 0 Å². The third-order valence-corrected chi connectivity index (χ3v) is 3.27. The van der Waals surface area contributed by atoms with E-state index in [0.717, 1.165) is 22.6 Å². The Morgan fingerprint density at radius 3 is 2.50 bits per heavy atom. The number of aromatic amines is 1. The van der Waals surface area contributed by atoms with Crippen LogP contribution in [0, 0.1) is 0 Å². The van der Waals surface area contributed by atoms with Crippen molar-refractivity contribution in [2.75, 3.05) is 0 Å². The maximum absolute atomic E-state index is 6.11. The number of nitrogens with one attached hydrogen (secondary N) is 1. The normalized spacial score (nSPS) is 10.4. The van der Waals surface area contributed by atoms with Crippen LogP contribution in [0.5, 0.6) is 5.75 Å². The fourth-order valence-corrected chi connectivity index (χ4v) is 2.19. The largest absolute Gasteiger partial charge is 0.488 e. The number of benzene rings is 2. The second-order valence-electron chi connectivity index (χ2n) is 4.36. The van der Waals surface area contributed by atoms with Gasteiger partial charge in [-0.05, 0) is 17.7 Å². The van der Waals surface area contributed by atoms with Crippen LogP contribution >= 0.6 is 11.6 Å². The van der Waals surface area contributed by atoms with E-state index < -0.39 is 0 Å². The van der Waals surface area contributed by atoms with E-state index >= 15 is 0 Å². The second kappa shape index (κ2) is 5.80. The van der Waals surface area contributed by atoms with Gasteiger partial charge in [-0.3, -0.25) is 5.10 Å². The van der Waals surface area contributed by atoms with Gasteiger partial charge in [0.1, 0.15) is 12.4 Å². The fourth-order valence-electron chi connectivity index (χ4n) is 1.99. The van der Waals surface area contributed by atoms with Crippen LogP contribution in [0.2, 0.25) is 5.02 Å². The lowest BCUT2D eigenvalue weighted by Gasteiger charge is -2.10. The summed E-state index contributed by atoms with van der Waals surface area (Å²) in [5.74, 6) is 0.780. The number of rotatable bonds is 4. The quantitative estimate of drug-likeness (QED) is 0.775. The Morgan fingerprint density at radius 1 is 1.00 bits per heavy atom. The first kappa shape index (κ1) is 12.8. The molecule has 0 radical (unpaired) electrons. The molecule has 2 aromatic carbocycles. The SMILES string of the molecule is Clc1cn[nH]c1-c1ccccc1OCc1ccccc1. The highest BCUT2D eigenvalue weighted by Crippen LogP contribution is 2.33. The first-order valence-electron chi connectivity index (χ1n) is 6.29. The molecule has 3 rings (SSSR count). The van der Waals surface area contributed by atoms with Crippen LogP contribution in [0.15, 0.2) is 60.8 Å². The monoisotopic (exact) mass is 284 g/mol. The average molecular weight is 285 g/mol. The van der Waals surface area contributed by atoms with Crippen molar-refractivity contribution in [1.29, 1.82) is 0 Å². The van der Waals surface area contributed by atoms with Crippen molar-refractivity contribution in [3.63, 3.8) is 0 Å². The molecular formula is C16H13ClN2O. The molecule has 4 heteroatoms. The molecule has 3 aromatic rings. The van der Waals surface area contributed by atoms with Gasteiger partial charge in [0.05, 0.1) is 16.9 Å². The molecule has 0 amide bonds. The standard InChI is InChI=1S/C16H13ClN2O/c17-14-10-18-19-16(14)13-8-4-5-9-15(13)20-11-12-6-2-1-3-7-12/h1-10H,11H2,(H,18,19). The summed E-state index contributed by atoms with van der Waals surface area (Å²) in [6, 6.07) is 17.8. The molecule has 0 unspecified atom stereocenters. The summed E-state index contributed by atoms with van der Waals surface area (Å²) in [5.41, 5.74) is 2.80. The third-order valence-electron chi connectivity index (χ3n) is 2.99. The Balaban J connectivity index is 1.86. The lowest BCUT2D eigenvalue weighted by molar-refractivity contribution is 0.307. The highest BCUT2D eigenvalue weighted by Gasteiger charge is 2.11. The number of para-hydroxylation sites is 1. The molecular weight excluding hydrogens is 272 g/mol. The molecule has 0 aliphatic carbocycles. The number of hydrogen-bond acceptors (Lipinski definition) is 2. The van der Waals surface area contributed by atoms with E-state index in [1.807, 2.05) is 54.6 Å². The van der Waals surface area contributed by atoms with Crippen LogP contribution < -0.4 is 4.74 Å². The van der Waals surface area contributed by atoms with Crippen molar-refractivity contribution < 1.29 is 4.74 Å². The maximum atomic E-state index is 6.11. The average Bonchev–Trinajstić information content (AvgIpc) is 2.92. The van der Waals surface area contributed by atoms with Crippen molar-refractivity contribution in [2.45, 2.75) is 6.61 Å². The molecule has 0 bridgehead atoms. The minimum Gasteiger partial charge on any atom is -0.488 e. The molecule has 1 N–H and O–H groups in total. The predicted octanol–water partition coefficient (Wildman–Crippen LogP) is 4.31. The predicted molar refractivity (Wildman–Crippen MR) is 79.8 cm³/mol. The molecule has 0 atom stereocenters. The maximum Gasteiger partial charge on any atom is 0.129 e. The number of H-pyrrole nitrogens is 1. The molecule has 0 fully saturated rings. The van der Waals surface area contributed by atoms with E-state index in [9.17, 15) is 0 Å². The van der Waals surface area contributed by atoms with E-state index in [4.69, 9.17) is 16.3 Å². The second-order valence-corrected chi connectivity index (χ2v) is 4.77. The molecule has 0 aliphatic heterocycles. The molecule has 0 aliphatic rings. The van der Waals surface area contributed by atoms with Crippen LogP contribution in [0.3, 0.4) is 0 Å². The first-order chi connectivity index (χ1) is 9.84. The van der Waals surface area contributed by atoms with E-state index in [2.05, 4.69) is 10.2 Å². The number of nitrogens with zero attached hydrogens (tertiary/aromatic N) is 1. The smallest absolute Gasteiger partial charge is 0.129 e. The number of hydrogen-bond donors (Lipinski definition) is 1. The van der Waals surface area contributed by atoms with Gasteiger partial charge in [-0.1, -0.05) is 54.1 Å². The molecule has 0 spiro atoms. The topological polar surface area (TPSA) is 37.9 Å². The Labute approximate surface area is 122 Å². The zero-order chi connectivity index (χ0) is 13.8. The number of halogens is 1. The summed E-state index contributed by atoms with van der Waals surface area (Å²) in [6.07, 6.45) is 1.59. The van der Waals surface area contributed by atoms with Gasteiger partial charge in [0.25, 0.3) is 0 Å². The lowest BCUT2D eigenvalue weighted by atomic mass is 10.1. The van der Waals surface area contributed by atoms with Crippen molar-refractivity contribution in [2.24, 2.45) is 0 Å². The van der Waals surface area contributed by atoms with Crippen LogP contribution in [-0.2, 0) is 6.61 Å². The van der Waals surface area contributed by atoms with Crippen molar-refractivity contribution in [3.8, 4) is 17.0 Å². The summed E-state index contributed by atoms with van der Waals surface area (Å²) in [5, 5.41) is 7.43.